The molecule has 0 aliphatic heterocycles. The minimum atomic E-state index is -0.840. The average molecular weight is 184 g/mol. The van der Waals surface area contributed by atoms with Crippen LogP contribution in [0.2, 0.25) is 5.02 Å². The van der Waals surface area contributed by atoms with Crippen molar-refractivity contribution in [3.63, 3.8) is 0 Å². The second-order valence-electron chi connectivity index (χ2n) is 2.36. The molecule has 0 fully saturated rings. The van der Waals surface area contributed by atoms with Gasteiger partial charge in [-0.25, -0.2) is 0 Å². The Morgan fingerprint density at radius 3 is 2.50 bits per heavy atom. The maximum Gasteiger partial charge on any atom is 0.491 e. The van der Waals surface area contributed by atoms with E-state index in [-0.39, 0.29) is 0 Å². The molecule has 2 nitrogen and oxygen atoms in total. The highest BCUT2D eigenvalue weighted by Crippen LogP contribution is 2.03. The first-order chi connectivity index (χ1) is 5.74. The Kier molecular flexibility index (Phi) is 3.60. The van der Waals surface area contributed by atoms with Gasteiger partial charge in [-0.15, -0.1) is 0 Å². The van der Waals surface area contributed by atoms with Crippen molar-refractivity contribution >= 4 is 24.2 Å². The van der Waals surface area contributed by atoms with Crippen molar-refractivity contribution in [2.24, 2.45) is 0 Å². The Morgan fingerprint density at radius 1 is 1.42 bits per heavy atom. The van der Waals surface area contributed by atoms with Crippen molar-refractivity contribution in [2.45, 2.75) is 6.92 Å². The van der Waals surface area contributed by atoms with Crippen molar-refractivity contribution in [2.75, 3.05) is 6.61 Å². The van der Waals surface area contributed by atoms with Crippen LogP contribution >= 0.6 is 11.6 Å². The molecule has 0 bridgehead atoms. The molecule has 1 aromatic carbocycles. The normalized spacial score (nSPS) is 9.92. The minimum absolute atomic E-state index is 0.490. The summed E-state index contributed by atoms with van der Waals surface area (Å²) in [7, 11) is -0.840. The van der Waals surface area contributed by atoms with E-state index in [1.54, 1.807) is 24.3 Å². The molecule has 0 spiro atoms. The van der Waals surface area contributed by atoms with Gasteiger partial charge in [0.2, 0.25) is 0 Å². The van der Waals surface area contributed by atoms with Gasteiger partial charge in [-0.1, -0.05) is 23.7 Å². The van der Waals surface area contributed by atoms with Gasteiger partial charge in [0.05, 0.1) is 0 Å². The van der Waals surface area contributed by atoms with Gasteiger partial charge in [-0.2, -0.15) is 0 Å². The molecule has 64 valence electrons. The SMILES string of the molecule is CCOB(O)c1ccc(Cl)cc1. The molecule has 0 aliphatic rings. The van der Waals surface area contributed by atoms with Crippen LogP contribution in [0.15, 0.2) is 24.3 Å². The fraction of sp³-hybridized carbons (Fsp3) is 0.250. The zero-order valence-corrected chi connectivity index (χ0v) is 7.58. The van der Waals surface area contributed by atoms with Gasteiger partial charge in [-0.05, 0) is 24.5 Å². The van der Waals surface area contributed by atoms with Crippen LogP contribution in [0, 0.1) is 0 Å². The fourth-order valence-electron chi connectivity index (χ4n) is 0.882. The summed E-state index contributed by atoms with van der Waals surface area (Å²) in [6, 6.07) is 6.92. The second kappa shape index (κ2) is 4.50. The van der Waals surface area contributed by atoms with E-state index in [9.17, 15) is 5.02 Å². The number of hydrogen-bond acceptors (Lipinski definition) is 2. The van der Waals surface area contributed by atoms with E-state index in [2.05, 4.69) is 0 Å². The average Bonchev–Trinajstić information content (AvgIpc) is 2.06. The van der Waals surface area contributed by atoms with E-state index in [0.717, 1.165) is 5.46 Å². The van der Waals surface area contributed by atoms with E-state index >= 15 is 0 Å². The van der Waals surface area contributed by atoms with Crippen LogP contribution in [-0.4, -0.2) is 18.7 Å². The Balaban J connectivity index is 2.68. The quantitative estimate of drug-likeness (QED) is 0.712. The summed E-state index contributed by atoms with van der Waals surface area (Å²) in [5, 5.41) is 10.0. The Morgan fingerprint density at radius 2 is 2.00 bits per heavy atom. The van der Waals surface area contributed by atoms with Crippen LogP contribution < -0.4 is 5.46 Å². The number of benzene rings is 1. The molecule has 0 radical (unpaired) electrons. The molecule has 1 rings (SSSR count). The monoisotopic (exact) mass is 184 g/mol. The topological polar surface area (TPSA) is 29.5 Å². The molecule has 0 atom stereocenters. The van der Waals surface area contributed by atoms with Gasteiger partial charge in [0.1, 0.15) is 0 Å². The lowest BCUT2D eigenvalue weighted by Crippen LogP contribution is -2.33. The molecule has 0 saturated heterocycles. The van der Waals surface area contributed by atoms with Gasteiger partial charge >= 0.3 is 7.12 Å². The second-order valence-corrected chi connectivity index (χ2v) is 2.80. The van der Waals surface area contributed by atoms with Crippen molar-refractivity contribution in [1.29, 1.82) is 0 Å². The van der Waals surface area contributed by atoms with Crippen LogP contribution in [0.25, 0.3) is 0 Å². The van der Waals surface area contributed by atoms with Gasteiger partial charge in [-0.3, -0.25) is 0 Å². The number of hydrogen-bond donors (Lipinski definition) is 1. The lowest BCUT2D eigenvalue weighted by Gasteiger charge is -2.04. The van der Waals surface area contributed by atoms with Gasteiger partial charge in [0, 0.05) is 11.6 Å². The largest absolute Gasteiger partial charge is 0.491 e. The van der Waals surface area contributed by atoms with Crippen LogP contribution in [0.1, 0.15) is 6.92 Å². The zero-order valence-electron chi connectivity index (χ0n) is 6.83. The highest BCUT2D eigenvalue weighted by atomic mass is 35.5. The Bertz CT molecular complexity index is 237. The summed E-state index contributed by atoms with van der Waals surface area (Å²) in [4.78, 5) is 0. The number of rotatable bonds is 3. The summed E-state index contributed by atoms with van der Waals surface area (Å²) in [5.74, 6) is 0. The molecule has 0 aliphatic carbocycles. The standard InChI is InChI=1S/C8H10BClO2/c1-2-12-9(11)7-3-5-8(10)6-4-7/h3-6,11H,2H2,1H3. The molecule has 0 aromatic heterocycles. The van der Waals surface area contributed by atoms with Crippen molar-refractivity contribution in [3.05, 3.63) is 29.3 Å². The van der Waals surface area contributed by atoms with Crippen LogP contribution in [0.5, 0.6) is 0 Å². The molecule has 0 saturated carbocycles. The molecule has 0 heterocycles. The molecular formula is C8H10BClO2. The highest BCUT2D eigenvalue weighted by Gasteiger charge is 2.14. The summed E-state index contributed by atoms with van der Waals surface area (Å²) in [6.07, 6.45) is 0. The third-order valence-electron chi connectivity index (χ3n) is 1.48. The highest BCUT2D eigenvalue weighted by molar-refractivity contribution is 6.60. The fourth-order valence-corrected chi connectivity index (χ4v) is 1.01. The zero-order chi connectivity index (χ0) is 8.97. The van der Waals surface area contributed by atoms with Crippen molar-refractivity contribution in [3.8, 4) is 0 Å². The summed E-state index contributed by atoms with van der Waals surface area (Å²) in [5.41, 5.74) is 0.723. The first kappa shape index (κ1) is 9.58. The summed E-state index contributed by atoms with van der Waals surface area (Å²) in [6.45, 7) is 2.32. The van der Waals surface area contributed by atoms with Crippen LogP contribution in [-0.2, 0) is 4.65 Å². The third-order valence-corrected chi connectivity index (χ3v) is 1.73. The van der Waals surface area contributed by atoms with E-state index in [1.165, 1.54) is 0 Å². The molecule has 0 unspecified atom stereocenters. The van der Waals surface area contributed by atoms with E-state index in [0.29, 0.717) is 11.6 Å². The van der Waals surface area contributed by atoms with Crippen molar-refractivity contribution in [1.82, 2.24) is 0 Å². The Labute approximate surface area is 77.3 Å². The Hall–Kier alpha value is -0.505. The predicted molar refractivity (Wildman–Crippen MR) is 50.7 cm³/mol. The lowest BCUT2D eigenvalue weighted by molar-refractivity contribution is 0.287. The maximum atomic E-state index is 9.35. The smallest absolute Gasteiger partial charge is 0.423 e. The maximum absolute atomic E-state index is 9.35. The summed E-state index contributed by atoms with van der Waals surface area (Å²) < 4.78 is 4.98. The first-order valence-electron chi connectivity index (χ1n) is 3.79. The molecular weight excluding hydrogens is 174 g/mol. The third kappa shape index (κ3) is 2.52. The van der Waals surface area contributed by atoms with E-state index in [1.807, 2.05) is 6.92 Å². The molecule has 12 heavy (non-hydrogen) atoms. The number of halogens is 1. The molecule has 1 N–H and O–H groups in total. The van der Waals surface area contributed by atoms with Gasteiger partial charge in [0.25, 0.3) is 0 Å². The van der Waals surface area contributed by atoms with E-state index < -0.39 is 7.12 Å². The van der Waals surface area contributed by atoms with E-state index in [4.69, 9.17) is 16.3 Å². The molecule has 1 aromatic rings. The first-order valence-corrected chi connectivity index (χ1v) is 4.17. The van der Waals surface area contributed by atoms with Crippen LogP contribution in [0.3, 0.4) is 0 Å². The van der Waals surface area contributed by atoms with Gasteiger partial charge in [0.15, 0.2) is 0 Å². The summed E-state index contributed by atoms with van der Waals surface area (Å²) >= 11 is 5.67. The van der Waals surface area contributed by atoms with Crippen LogP contribution in [0.4, 0.5) is 0 Å². The minimum Gasteiger partial charge on any atom is -0.423 e. The molecule has 4 heteroatoms. The van der Waals surface area contributed by atoms with Crippen molar-refractivity contribution < 1.29 is 9.68 Å². The van der Waals surface area contributed by atoms with Gasteiger partial charge < -0.3 is 9.68 Å². The predicted octanol–water partition coefficient (Wildman–Crippen LogP) is 1.06. The molecule has 0 amide bonds. The lowest BCUT2D eigenvalue weighted by atomic mass is 9.80.